The van der Waals surface area contributed by atoms with Crippen LogP contribution >= 0.6 is 0 Å². The molecule has 0 unspecified atom stereocenters. The van der Waals surface area contributed by atoms with Crippen LogP contribution in [0.4, 0.5) is 5.69 Å². The Morgan fingerprint density at radius 1 is 1.43 bits per heavy atom. The molecule has 0 bridgehead atoms. The third-order valence-corrected chi connectivity index (χ3v) is 3.05. The first kappa shape index (κ1) is 15.1. The van der Waals surface area contributed by atoms with E-state index in [1.54, 1.807) is 4.68 Å². The summed E-state index contributed by atoms with van der Waals surface area (Å²) in [4.78, 5) is 12.0. The number of nitrogens with two attached hydrogens (primary N) is 1. The van der Waals surface area contributed by atoms with Crippen LogP contribution < -0.4 is 11.1 Å². The van der Waals surface area contributed by atoms with Gasteiger partial charge in [0, 0.05) is 5.69 Å². The lowest BCUT2D eigenvalue weighted by molar-refractivity contribution is -0.117. The molecule has 1 heterocycles. The maximum absolute atomic E-state index is 12.0. The smallest absolute Gasteiger partial charge is 0.241 e. The van der Waals surface area contributed by atoms with Crippen LogP contribution in [0.5, 0.6) is 0 Å². The van der Waals surface area contributed by atoms with E-state index in [9.17, 15) is 4.79 Å². The minimum Gasteiger partial charge on any atom is -0.325 e. The number of carbonyl (C=O) groups is 1. The van der Waals surface area contributed by atoms with Crippen molar-refractivity contribution in [2.24, 2.45) is 11.7 Å². The third-order valence-electron chi connectivity index (χ3n) is 3.05. The quantitative estimate of drug-likeness (QED) is 0.863. The van der Waals surface area contributed by atoms with Gasteiger partial charge in [0.05, 0.1) is 11.7 Å². The number of hydrogen-bond acceptors (Lipinski definition) is 5. The molecule has 0 aliphatic rings. The Kier molecular flexibility index (Phi) is 4.64. The van der Waals surface area contributed by atoms with Gasteiger partial charge in [-0.15, -0.1) is 5.10 Å². The van der Waals surface area contributed by atoms with Crippen LogP contribution in [0.15, 0.2) is 24.3 Å². The summed E-state index contributed by atoms with van der Waals surface area (Å²) in [5.74, 6) is 0.866. The minimum atomic E-state index is -0.511. The van der Waals surface area contributed by atoms with Crippen molar-refractivity contribution < 1.29 is 4.79 Å². The zero-order chi connectivity index (χ0) is 15.4. The predicted molar refractivity (Wildman–Crippen MR) is 80.0 cm³/mol. The number of carbonyl (C=O) groups excluding carboxylic acids is 1. The molecule has 21 heavy (non-hydrogen) atoms. The summed E-state index contributed by atoms with van der Waals surface area (Å²) < 4.78 is 1.60. The molecular formula is C14H20N6O. The zero-order valence-electron chi connectivity index (χ0n) is 12.4. The fourth-order valence-electron chi connectivity index (χ4n) is 2.04. The summed E-state index contributed by atoms with van der Waals surface area (Å²) in [6.07, 6.45) is 0.650. The van der Waals surface area contributed by atoms with E-state index in [1.165, 1.54) is 0 Å². The molecule has 0 saturated heterocycles. The van der Waals surface area contributed by atoms with Gasteiger partial charge >= 0.3 is 0 Å². The number of nitrogens with one attached hydrogen (secondary N) is 1. The summed E-state index contributed by atoms with van der Waals surface area (Å²) >= 11 is 0. The number of nitrogens with zero attached hydrogens (tertiary/aromatic N) is 4. The maximum Gasteiger partial charge on any atom is 0.241 e. The Hall–Kier alpha value is -2.28. The summed E-state index contributed by atoms with van der Waals surface area (Å²) in [5.41, 5.74) is 7.33. The molecule has 1 amide bonds. The second-order valence-electron chi connectivity index (χ2n) is 5.41. The lowest BCUT2D eigenvalue weighted by atomic mass is 10.0. The first-order valence-electron chi connectivity index (χ1n) is 6.89. The third kappa shape index (κ3) is 3.85. The fraction of sp³-hybridized carbons (Fsp3) is 0.429. The monoisotopic (exact) mass is 288 g/mol. The number of amides is 1. The molecule has 3 N–H and O–H groups in total. The molecule has 2 rings (SSSR count). The van der Waals surface area contributed by atoms with E-state index in [-0.39, 0.29) is 5.91 Å². The number of rotatable bonds is 5. The molecule has 1 aromatic carbocycles. The van der Waals surface area contributed by atoms with Crippen LogP contribution in [0, 0.1) is 12.8 Å². The number of tetrazole rings is 1. The Balaban J connectivity index is 2.12. The Bertz CT molecular complexity index is 621. The van der Waals surface area contributed by atoms with Gasteiger partial charge < -0.3 is 11.1 Å². The SMILES string of the molecule is Cc1nnnn1-c1cccc(NC(=O)[C@H](N)CC(C)C)c1. The standard InChI is InChI=1S/C14H20N6O/c1-9(2)7-13(15)14(21)16-11-5-4-6-12(8-11)20-10(3)17-18-19-20/h4-6,8-9,13H,7,15H2,1-3H3,(H,16,21)/t13-/m1/s1. The predicted octanol–water partition coefficient (Wildman–Crippen LogP) is 1.28. The van der Waals surface area contributed by atoms with E-state index < -0.39 is 6.04 Å². The topological polar surface area (TPSA) is 98.7 Å². The number of aromatic nitrogens is 4. The highest BCUT2D eigenvalue weighted by Gasteiger charge is 2.15. The Labute approximate surface area is 123 Å². The largest absolute Gasteiger partial charge is 0.325 e. The second kappa shape index (κ2) is 6.45. The molecule has 2 aromatic rings. The highest BCUT2D eigenvalue weighted by Crippen LogP contribution is 2.15. The summed E-state index contributed by atoms with van der Waals surface area (Å²) in [6, 6.07) is 6.81. The van der Waals surface area contributed by atoms with Gasteiger partial charge in [0.25, 0.3) is 0 Å². The molecule has 1 aromatic heterocycles. The van der Waals surface area contributed by atoms with E-state index in [4.69, 9.17) is 5.73 Å². The highest BCUT2D eigenvalue weighted by molar-refractivity contribution is 5.94. The lowest BCUT2D eigenvalue weighted by Crippen LogP contribution is -2.36. The molecule has 0 spiro atoms. The van der Waals surface area contributed by atoms with E-state index in [0.717, 1.165) is 5.69 Å². The number of aryl methyl sites for hydroxylation is 1. The second-order valence-corrected chi connectivity index (χ2v) is 5.41. The maximum atomic E-state index is 12.0. The van der Waals surface area contributed by atoms with Gasteiger partial charge in [-0.05, 0) is 47.9 Å². The molecular weight excluding hydrogens is 268 g/mol. The van der Waals surface area contributed by atoms with Crippen LogP contribution in [0.3, 0.4) is 0 Å². The summed E-state index contributed by atoms with van der Waals surface area (Å²) in [5, 5.41) is 14.2. The first-order valence-corrected chi connectivity index (χ1v) is 6.89. The van der Waals surface area contributed by atoms with Crippen molar-refractivity contribution in [2.75, 3.05) is 5.32 Å². The average Bonchev–Trinajstić information content (AvgIpc) is 2.84. The molecule has 0 aliphatic heterocycles. The van der Waals surface area contributed by atoms with E-state index >= 15 is 0 Å². The van der Waals surface area contributed by atoms with Crippen LogP contribution in [0.1, 0.15) is 26.1 Å². The van der Waals surface area contributed by atoms with Crippen LogP contribution in [-0.2, 0) is 4.79 Å². The summed E-state index contributed by atoms with van der Waals surface area (Å²) in [6.45, 7) is 5.88. The first-order chi connectivity index (χ1) is 9.97. The lowest BCUT2D eigenvalue weighted by Gasteiger charge is -2.14. The Morgan fingerprint density at radius 2 is 2.19 bits per heavy atom. The van der Waals surface area contributed by atoms with E-state index in [1.807, 2.05) is 45.0 Å². The van der Waals surface area contributed by atoms with E-state index in [0.29, 0.717) is 23.9 Å². The zero-order valence-corrected chi connectivity index (χ0v) is 12.4. The normalized spacial score (nSPS) is 12.4. The molecule has 7 heteroatoms. The molecule has 0 fully saturated rings. The van der Waals surface area contributed by atoms with Crippen LogP contribution in [-0.4, -0.2) is 32.2 Å². The number of hydrogen-bond donors (Lipinski definition) is 2. The molecule has 0 saturated carbocycles. The van der Waals surface area contributed by atoms with Crippen molar-refractivity contribution in [3.05, 3.63) is 30.1 Å². The molecule has 0 radical (unpaired) electrons. The number of anilines is 1. The van der Waals surface area contributed by atoms with Gasteiger partial charge in [-0.25, -0.2) is 0 Å². The van der Waals surface area contributed by atoms with Crippen molar-refractivity contribution in [3.63, 3.8) is 0 Å². The molecule has 0 aliphatic carbocycles. The van der Waals surface area contributed by atoms with Crippen molar-refractivity contribution in [1.82, 2.24) is 20.2 Å². The van der Waals surface area contributed by atoms with Gasteiger partial charge in [0.1, 0.15) is 0 Å². The van der Waals surface area contributed by atoms with Gasteiger partial charge in [-0.1, -0.05) is 19.9 Å². The number of benzene rings is 1. The molecule has 7 nitrogen and oxygen atoms in total. The van der Waals surface area contributed by atoms with Gasteiger partial charge in [-0.3, -0.25) is 4.79 Å². The van der Waals surface area contributed by atoms with Crippen molar-refractivity contribution in [1.29, 1.82) is 0 Å². The van der Waals surface area contributed by atoms with Crippen LogP contribution in [0.2, 0.25) is 0 Å². The fourth-order valence-corrected chi connectivity index (χ4v) is 2.04. The van der Waals surface area contributed by atoms with Crippen molar-refractivity contribution >= 4 is 11.6 Å². The molecule has 112 valence electrons. The van der Waals surface area contributed by atoms with Gasteiger partial charge in [0.2, 0.25) is 5.91 Å². The van der Waals surface area contributed by atoms with Gasteiger partial charge in [-0.2, -0.15) is 4.68 Å². The van der Waals surface area contributed by atoms with Crippen LogP contribution in [0.25, 0.3) is 5.69 Å². The van der Waals surface area contributed by atoms with E-state index in [2.05, 4.69) is 20.8 Å². The summed E-state index contributed by atoms with van der Waals surface area (Å²) in [7, 11) is 0. The Morgan fingerprint density at radius 3 is 2.81 bits per heavy atom. The average molecular weight is 288 g/mol. The highest BCUT2D eigenvalue weighted by atomic mass is 16.2. The van der Waals surface area contributed by atoms with Crippen molar-refractivity contribution in [3.8, 4) is 5.69 Å². The minimum absolute atomic E-state index is 0.186. The van der Waals surface area contributed by atoms with Crippen molar-refractivity contribution in [2.45, 2.75) is 33.2 Å². The van der Waals surface area contributed by atoms with Gasteiger partial charge in [0.15, 0.2) is 5.82 Å². The molecule has 1 atom stereocenters.